The predicted octanol–water partition coefficient (Wildman–Crippen LogP) is 2.15. The van der Waals surface area contributed by atoms with E-state index >= 15 is 0 Å². The average molecular weight is 436 g/mol. The second-order valence-electron chi connectivity index (χ2n) is 6.72. The molecular weight excluding hydrogens is 412 g/mol. The van der Waals surface area contributed by atoms with Gasteiger partial charge in [-0.1, -0.05) is 6.92 Å². The van der Waals surface area contributed by atoms with Crippen LogP contribution in [0.4, 0.5) is 28.0 Å². The highest BCUT2D eigenvalue weighted by Gasteiger charge is 2.28. The Labute approximate surface area is 170 Å². The van der Waals surface area contributed by atoms with Crippen molar-refractivity contribution in [3.8, 4) is 0 Å². The fourth-order valence-corrected chi connectivity index (χ4v) is 2.73. The van der Waals surface area contributed by atoms with Gasteiger partial charge in [0.1, 0.15) is 19.0 Å². The third kappa shape index (κ3) is 8.11. The number of morpholine rings is 1. The van der Waals surface area contributed by atoms with Crippen LogP contribution in [0.25, 0.3) is 0 Å². The van der Waals surface area contributed by atoms with Crippen molar-refractivity contribution in [2.24, 2.45) is 0 Å². The van der Waals surface area contributed by atoms with Crippen LogP contribution in [0.1, 0.15) is 25.3 Å². The first-order valence-electron chi connectivity index (χ1n) is 9.42. The first-order valence-corrected chi connectivity index (χ1v) is 9.42. The zero-order valence-electron chi connectivity index (χ0n) is 16.4. The highest BCUT2D eigenvalue weighted by atomic mass is 19.4. The van der Waals surface area contributed by atoms with Crippen molar-refractivity contribution < 1.29 is 36.6 Å². The normalized spacial score (nSPS) is 19.2. The third-order valence-electron chi connectivity index (χ3n) is 4.33. The fourth-order valence-electron chi connectivity index (χ4n) is 2.73. The first-order chi connectivity index (χ1) is 14.2. The van der Waals surface area contributed by atoms with E-state index in [2.05, 4.69) is 15.6 Å². The van der Waals surface area contributed by atoms with Crippen LogP contribution in [-0.2, 0) is 20.7 Å². The Hall–Kier alpha value is -2.47. The summed E-state index contributed by atoms with van der Waals surface area (Å²) in [4.78, 5) is 26.6. The summed E-state index contributed by atoms with van der Waals surface area (Å²) in [6.45, 7) is 0.637. The molecule has 2 rings (SSSR count). The zero-order chi connectivity index (χ0) is 22.1. The molecule has 3 N–H and O–H groups in total. The van der Waals surface area contributed by atoms with Crippen LogP contribution in [0, 0.1) is 5.82 Å². The van der Waals surface area contributed by atoms with Gasteiger partial charge in [0.15, 0.2) is 0 Å². The molecule has 1 aromatic heterocycles. The summed E-state index contributed by atoms with van der Waals surface area (Å²) in [5.74, 6) is -0.773. The van der Waals surface area contributed by atoms with E-state index in [-0.39, 0.29) is 37.7 Å². The van der Waals surface area contributed by atoms with Crippen LogP contribution in [0.3, 0.4) is 0 Å². The SMILES string of the molecule is CCC(=O)Nc1cncc(F)c1CC[C@@H]1CN[C@@H](COC(=O)NCC(F)(F)F)CO1. The number of alkyl carbamates (subject to hydrolysis) is 1. The van der Waals surface area contributed by atoms with Gasteiger partial charge in [0, 0.05) is 18.5 Å². The monoisotopic (exact) mass is 436 g/mol. The molecule has 0 radical (unpaired) electrons. The van der Waals surface area contributed by atoms with Gasteiger partial charge in [0.25, 0.3) is 0 Å². The Morgan fingerprint density at radius 3 is 2.77 bits per heavy atom. The molecule has 2 heterocycles. The maximum Gasteiger partial charge on any atom is 0.407 e. The zero-order valence-corrected chi connectivity index (χ0v) is 16.4. The number of halogens is 4. The Bertz CT molecular complexity index is 725. The summed E-state index contributed by atoms with van der Waals surface area (Å²) in [5.41, 5.74) is 0.656. The fraction of sp³-hybridized carbons (Fsp3) is 0.611. The lowest BCUT2D eigenvalue weighted by molar-refractivity contribution is -0.124. The molecule has 1 aliphatic heterocycles. The van der Waals surface area contributed by atoms with E-state index in [1.165, 1.54) is 6.20 Å². The number of alkyl halides is 3. The molecule has 1 saturated heterocycles. The summed E-state index contributed by atoms with van der Waals surface area (Å²) in [5, 5.41) is 7.31. The smallest absolute Gasteiger partial charge is 0.407 e. The molecule has 1 aliphatic rings. The first kappa shape index (κ1) is 23.8. The molecule has 168 valence electrons. The van der Waals surface area contributed by atoms with Gasteiger partial charge in [-0.2, -0.15) is 13.2 Å². The van der Waals surface area contributed by atoms with Crippen molar-refractivity contribution in [1.29, 1.82) is 0 Å². The number of carbonyl (C=O) groups excluding carboxylic acids is 2. The largest absolute Gasteiger partial charge is 0.448 e. The number of aromatic nitrogens is 1. The van der Waals surface area contributed by atoms with Gasteiger partial charge in [-0.3, -0.25) is 9.78 Å². The molecule has 8 nitrogen and oxygen atoms in total. The van der Waals surface area contributed by atoms with Crippen molar-refractivity contribution in [1.82, 2.24) is 15.6 Å². The summed E-state index contributed by atoms with van der Waals surface area (Å²) in [6, 6.07) is -0.366. The third-order valence-corrected chi connectivity index (χ3v) is 4.33. The number of rotatable bonds is 8. The van der Waals surface area contributed by atoms with Crippen molar-refractivity contribution in [2.45, 2.75) is 44.5 Å². The lowest BCUT2D eigenvalue weighted by Gasteiger charge is -2.30. The lowest BCUT2D eigenvalue weighted by Crippen LogP contribution is -2.49. The van der Waals surface area contributed by atoms with Crippen molar-refractivity contribution in [3.05, 3.63) is 23.8 Å². The van der Waals surface area contributed by atoms with E-state index < -0.39 is 24.6 Å². The quantitative estimate of drug-likeness (QED) is 0.540. The Kier molecular flexibility index (Phi) is 8.78. The standard InChI is InChI=1S/C18H24F4N4O4/c1-2-16(27)26-15-7-23-6-14(19)13(15)4-3-12-5-24-11(8-29-12)9-30-17(28)25-10-18(20,21)22/h6-7,11-12,24H,2-5,8-10H2,1H3,(H,25,28)(H,26,27)/t11-,12-/m1/s1. The molecule has 0 aliphatic carbocycles. The second-order valence-corrected chi connectivity index (χ2v) is 6.72. The van der Waals surface area contributed by atoms with E-state index in [0.29, 0.717) is 30.6 Å². The van der Waals surface area contributed by atoms with Crippen molar-refractivity contribution >= 4 is 17.7 Å². The predicted molar refractivity (Wildman–Crippen MR) is 98.4 cm³/mol. The molecule has 30 heavy (non-hydrogen) atoms. The molecule has 12 heteroatoms. The number of hydrogen-bond donors (Lipinski definition) is 3. The summed E-state index contributed by atoms with van der Waals surface area (Å²) in [6.07, 6.45) is -2.43. The summed E-state index contributed by atoms with van der Waals surface area (Å²) >= 11 is 0. The van der Waals surface area contributed by atoms with E-state index in [9.17, 15) is 27.2 Å². The number of anilines is 1. The van der Waals surface area contributed by atoms with E-state index in [4.69, 9.17) is 9.47 Å². The Balaban J connectivity index is 1.74. The van der Waals surface area contributed by atoms with Crippen molar-refractivity contribution in [3.63, 3.8) is 0 Å². The molecule has 1 aromatic rings. The van der Waals surface area contributed by atoms with Gasteiger partial charge in [-0.05, 0) is 12.8 Å². The molecule has 2 atom stereocenters. The van der Waals surface area contributed by atoms with Gasteiger partial charge in [0.2, 0.25) is 5.91 Å². The Morgan fingerprint density at radius 2 is 2.13 bits per heavy atom. The lowest BCUT2D eigenvalue weighted by atomic mass is 10.0. The minimum absolute atomic E-state index is 0.150. The minimum atomic E-state index is -4.51. The second kappa shape index (κ2) is 11.1. The van der Waals surface area contributed by atoms with E-state index in [1.54, 1.807) is 12.2 Å². The van der Waals surface area contributed by atoms with Gasteiger partial charge >= 0.3 is 12.3 Å². The Morgan fingerprint density at radius 1 is 1.37 bits per heavy atom. The van der Waals surface area contributed by atoms with Crippen LogP contribution in [0.15, 0.2) is 12.4 Å². The highest BCUT2D eigenvalue weighted by Crippen LogP contribution is 2.21. The molecule has 0 spiro atoms. The van der Waals surface area contributed by atoms with E-state index in [1.807, 2.05) is 0 Å². The number of nitrogens with one attached hydrogen (secondary N) is 3. The minimum Gasteiger partial charge on any atom is -0.448 e. The van der Waals surface area contributed by atoms with Gasteiger partial charge in [-0.25, -0.2) is 9.18 Å². The molecule has 0 bridgehead atoms. The molecule has 1 fully saturated rings. The van der Waals surface area contributed by atoms with Crippen LogP contribution in [0.5, 0.6) is 0 Å². The maximum atomic E-state index is 14.1. The highest BCUT2D eigenvalue weighted by molar-refractivity contribution is 5.91. The number of nitrogens with zero attached hydrogens (tertiary/aromatic N) is 1. The van der Waals surface area contributed by atoms with Crippen molar-refractivity contribution in [2.75, 3.05) is 31.6 Å². The summed E-state index contributed by atoms with van der Waals surface area (Å²) < 4.78 is 60.6. The summed E-state index contributed by atoms with van der Waals surface area (Å²) in [7, 11) is 0. The molecule has 0 aromatic carbocycles. The van der Waals surface area contributed by atoms with Crippen LogP contribution in [-0.4, -0.2) is 61.6 Å². The topological polar surface area (TPSA) is 102 Å². The number of carbonyl (C=O) groups is 2. The number of amides is 2. The van der Waals surface area contributed by atoms with Crippen LogP contribution >= 0.6 is 0 Å². The van der Waals surface area contributed by atoms with Crippen LogP contribution < -0.4 is 16.0 Å². The van der Waals surface area contributed by atoms with Gasteiger partial charge in [-0.15, -0.1) is 0 Å². The molecule has 2 amide bonds. The van der Waals surface area contributed by atoms with Gasteiger partial charge < -0.3 is 25.4 Å². The van der Waals surface area contributed by atoms with Crippen LogP contribution in [0.2, 0.25) is 0 Å². The van der Waals surface area contributed by atoms with Gasteiger partial charge in [0.05, 0.1) is 36.8 Å². The number of pyridine rings is 1. The average Bonchev–Trinajstić information content (AvgIpc) is 2.70. The molecule has 0 unspecified atom stereocenters. The number of hydrogen-bond acceptors (Lipinski definition) is 6. The number of ether oxygens (including phenoxy) is 2. The van der Waals surface area contributed by atoms with E-state index in [0.717, 1.165) is 6.20 Å². The molecule has 0 saturated carbocycles. The molecular formula is C18H24F4N4O4. The maximum absolute atomic E-state index is 14.1.